The first-order valence-electron chi connectivity index (χ1n) is 17.7. The van der Waals surface area contributed by atoms with Gasteiger partial charge in [0.15, 0.2) is 12.0 Å². The molecule has 8 rings (SSSR count). The molecular formula is C38H44FN7O4. The molecule has 12 heteroatoms. The summed E-state index contributed by atoms with van der Waals surface area (Å²) in [6, 6.07) is 11.9. The molecule has 0 aliphatic carbocycles. The first-order chi connectivity index (χ1) is 24.1. The van der Waals surface area contributed by atoms with Crippen LogP contribution >= 0.6 is 0 Å². The Morgan fingerprint density at radius 3 is 2.64 bits per heavy atom. The van der Waals surface area contributed by atoms with E-state index in [1.54, 1.807) is 12.3 Å². The van der Waals surface area contributed by atoms with Crippen LogP contribution in [0.15, 0.2) is 55.0 Å². The van der Waals surface area contributed by atoms with Crippen LogP contribution in [-0.4, -0.2) is 74.1 Å². The Morgan fingerprint density at radius 1 is 1.10 bits per heavy atom. The van der Waals surface area contributed by atoms with Crippen LogP contribution in [0.3, 0.4) is 0 Å². The summed E-state index contributed by atoms with van der Waals surface area (Å²) in [5.41, 5.74) is 3.61. The van der Waals surface area contributed by atoms with Crippen LogP contribution in [0.2, 0.25) is 0 Å². The predicted molar refractivity (Wildman–Crippen MR) is 189 cm³/mol. The SMILES string of the molecule is CC(Oc1ccc2c(c1)c(-c1ccc(N3CC4(CCN(C(=O)OC(C)(C)C)CC4)C3)nc1)nn2C1CCCCO1)c1ccnc2[nH]cc(F)c12. The molecule has 5 aromatic rings. The Morgan fingerprint density at radius 2 is 1.92 bits per heavy atom. The van der Waals surface area contributed by atoms with Gasteiger partial charge in [-0.2, -0.15) is 5.10 Å². The summed E-state index contributed by atoms with van der Waals surface area (Å²) in [5, 5.41) is 6.48. The number of nitrogens with zero attached hydrogens (tertiary/aromatic N) is 6. The number of piperidine rings is 1. The number of likely N-dealkylation sites (tertiary alicyclic amines) is 1. The fourth-order valence-corrected chi connectivity index (χ4v) is 7.64. The van der Waals surface area contributed by atoms with Crippen LogP contribution in [0.4, 0.5) is 15.0 Å². The van der Waals surface area contributed by atoms with E-state index >= 15 is 0 Å². The molecule has 2 atom stereocenters. The number of nitrogens with one attached hydrogen (secondary N) is 1. The van der Waals surface area contributed by atoms with Gasteiger partial charge in [-0.3, -0.25) is 0 Å². The van der Waals surface area contributed by atoms with Crippen molar-refractivity contribution in [2.45, 2.75) is 77.7 Å². The zero-order valence-corrected chi connectivity index (χ0v) is 29.1. The van der Waals surface area contributed by atoms with Crippen LogP contribution in [0, 0.1) is 11.2 Å². The summed E-state index contributed by atoms with van der Waals surface area (Å²) in [4.78, 5) is 28.7. The number of hydrogen-bond acceptors (Lipinski definition) is 8. The van der Waals surface area contributed by atoms with Gasteiger partial charge in [0.2, 0.25) is 0 Å². The number of benzene rings is 1. The molecule has 1 aromatic carbocycles. The molecule has 3 aliphatic rings. The minimum atomic E-state index is -0.488. The zero-order valence-electron chi connectivity index (χ0n) is 29.1. The Bertz CT molecular complexity index is 2010. The van der Waals surface area contributed by atoms with Gasteiger partial charge in [-0.15, -0.1) is 0 Å². The Kier molecular flexibility index (Phi) is 8.16. The highest BCUT2D eigenvalue weighted by Crippen LogP contribution is 2.43. The van der Waals surface area contributed by atoms with Crippen molar-refractivity contribution in [2.75, 3.05) is 37.7 Å². The van der Waals surface area contributed by atoms with Gasteiger partial charge in [-0.05, 0) is 96.2 Å². The maximum atomic E-state index is 14.6. The summed E-state index contributed by atoms with van der Waals surface area (Å²) in [7, 11) is 0. The normalized spacial score (nSPS) is 19.9. The molecule has 0 radical (unpaired) electrons. The van der Waals surface area contributed by atoms with Gasteiger partial charge in [0.25, 0.3) is 0 Å². The second-order valence-corrected chi connectivity index (χ2v) is 15.0. The molecule has 2 unspecified atom stereocenters. The van der Waals surface area contributed by atoms with Crippen molar-refractivity contribution in [1.29, 1.82) is 0 Å². The number of H-pyrrole nitrogens is 1. The maximum absolute atomic E-state index is 14.6. The fraction of sp³-hybridized carbons (Fsp3) is 0.474. The molecule has 4 aromatic heterocycles. The van der Waals surface area contributed by atoms with Gasteiger partial charge < -0.3 is 29.0 Å². The molecule has 1 amide bonds. The highest BCUT2D eigenvalue weighted by Gasteiger charge is 2.46. The topological polar surface area (TPSA) is 111 Å². The monoisotopic (exact) mass is 681 g/mol. The standard InChI is InChI=1S/C38H44FN7O4/c1-24(27-12-15-40-35-33(27)29(39)21-42-35)49-26-9-10-30-28(19-26)34(43-46(30)32-7-5-6-18-48-32)25-8-11-31(41-20-25)45-22-38(23-45)13-16-44(17-14-38)36(47)50-37(2,3)4/h8-12,15,19-21,24,32H,5-7,13-14,16-18,22-23H2,1-4H3,(H,40,42). The lowest BCUT2D eigenvalue weighted by Crippen LogP contribution is -2.61. The summed E-state index contributed by atoms with van der Waals surface area (Å²) < 4.78 is 34.8. The number of aromatic amines is 1. The molecule has 1 spiro atoms. The molecular weight excluding hydrogens is 637 g/mol. The molecule has 11 nitrogen and oxygen atoms in total. The molecule has 0 bridgehead atoms. The third-order valence-electron chi connectivity index (χ3n) is 10.3. The van der Waals surface area contributed by atoms with Gasteiger partial charge in [-0.1, -0.05) is 0 Å². The lowest BCUT2D eigenvalue weighted by molar-refractivity contribution is -0.0365. The highest BCUT2D eigenvalue weighted by atomic mass is 19.1. The van der Waals surface area contributed by atoms with Crippen molar-refractivity contribution in [3.8, 4) is 17.0 Å². The molecule has 0 saturated carbocycles. The number of ether oxygens (including phenoxy) is 3. The van der Waals surface area contributed by atoms with Gasteiger partial charge in [0.1, 0.15) is 34.6 Å². The lowest BCUT2D eigenvalue weighted by Gasteiger charge is -2.54. The minimum absolute atomic E-state index is 0.140. The summed E-state index contributed by atoms with van der Waals surface area (Å²) >= 11 is 0. The number of amides is 1. The minimum Gasteiger partial charge on any atom is -0.486 e. The van der Waals surface area contributed by atoms with E-state index in [0.717, 1.165) is 91.8 Å². The third kappa shape index (κ3) is 6.14. The Balaban J connectivity index is 1.01. The predicted octanol–water partition coefficient (Wildman–Crippen LogP) is 7.79. The lowest BCUT2D eigenvalue weighted by atomic mass is 9.72. The average molecular weight is 682 g/mol. The second-order valence-electron chi connectivity index (χ2n) is 15.0. The van der Waals surface area contributed by atoms with Crippen molar-refractivity contribution >= 4 is 33.8 Å². The van der Waals surface area contributed by atoms with E-state index in [4.69, 9.17) is 24.3 Å². The molecule has 50 heavy (non-hydrogen) atoms. The molecule has 3 aliphatic heterocycles. The van der Waals surface area contributed by atoms with E-state index < -0.39 is 11.7 Å². The number of anilines is 1. The van der Waals surface area contributed by atoms with Crippen LogP contribution in [0.25, 0.3) is 33.2 Å². The van der Waals surface area contributed by atoms with Crippen molar-refractivity contribution in [3.63, 3.8) is 0 Å². The van der Waals surface area contributed by atoms with E-state index in [1.807, 2.05) is 61.7 Å². The molecule has 3 fully saturated rings. The number of carbonyl (C=O) groups excluding carboxylic acids is 1. The van der Waals surface area contributed by atoms with Crippen molar-refractivity contribution in [1.82, 2.24) is 29.6 Å². The van der Waals surface area contributed by atoms with Crippen molar-refractivity contribution in [2.24, 2.45) is 5.41 Å². The summed E-state index contributed by atoms with van der Waals surface area (Å²) in [6.45, 7) is 11.6. The molecule has 262 valence electrons. The van der Waals surface area contributed by atoms with Crippen LogP contribution in [-0.2, 0) is 9.47 Å². The second kappa shape index (κ2) is 12.6. The van der Waals surface area contributed by atoms with E-state index in [9.17, 15) is 9.18 Å². The number of rotatable bonds is 6. The van der Waals surface area contributed by atoms with Crippen molar-refractivity contribution < 1.29 is 23.4 Å². The van der Waals surface area contributed by atoms with Gasteiger partial charge >= 0.3 is 6.09 Å². The van der Waals surface area contributed by atoms with E-state index in [1.165, 1.54) is 6.20 Å². The zero-order chi connectivity index (χ0) is 34.6. The number of carbonyl (C=O) groups is 1. The largest absolute Gasteiger partial charge is 0.486 e. The maximum Gasteiger partial charge on any atom is 0.410 e. The fourth-order valence-electron chi connectivity index (χ4n) is 7.64. The van der Waals surface area contributed by atoms with E-state index in [2.05, 4.69) is 27.0 Å². The average Bonchev–Trinajstić information content (AvgIpc) is 3.67. The summed E-state index contributed by atoms with van der Waals surface area (Å²) in [5.74, 6) is 1.24. The highest BCUT2D eigenvalue weighted by molar-refractivity contribution is 5.94. The number of aromatic nitrogens is 5. The van der Waals surface area contributed by atoms with E-state index in [-0.39, 0.29) is 23.6 Å². The van der Waals surface area contributed by atoms with E-state index in [0.29, 0.717) is 23.4 Å². The Labute approximate surface area is 290 Å². The van der Waals surface area contributed by atoms with Gasteiger partial charge in [0, 0.05) is 73.3 Å². The molecule has 3 saturated heterocycles. The molecule has 1 N–H and O–H groups in total. The quantitative estimate of drug-likeness (QED) is 0.193. The van der Waals surface area contributed by atoms with Gasteiger partial charge in [-0.25, -0.2) is 23.8 Å². The Hall–Kier alpha value is -4.71. The number of hydrogen-bond donors (Lipinski definition) is 1. The summed E-state index contributed by atoms with van der Waals surface area (Å²) in [6.07, 6.45) is 9.06. The first-order valence-corrected chi connectivity index (χ1v) is 17.7. The number of fused-ring (bicyclic) bond motifs is 2. The molecule has 7 heterocycles. The number of pyridine rings is 2. The van der Waals surface area contributed by atoms with Crippen molar-refractivity contribution in [3.05, 3.63) is 66.4 Å². The third-order valence-corrected chi connectivity index (χ3v) is 10.3. The van der Waals surface area contributed by atoms with Crippen LogP contribution < -0.4 is 9.64 Å². The number of halogens is 1. The van der Waals surface area contributed by atoms with Gasteiger partial charge in [0.05, 0.1) is 10.9 Å². The van der Waals surface area contributed by atoms with Crippen LogP contribution in [0.1, 0.15) is 77.7 Å². The van der Waals surface area contributed by atoms with Crippen LogP contribution in [0.5, 0.6) is 5.75 Å². The smallest absolute Gasteiger partial charge is 0.410 e. The first kappa shape index (κ1) is 32.5.